The Hall–Kier alpha value is -1.81. The third-order valence-electron chi connectivity index (χ3n) is 3.58. The number of hydrogen-bond donors (Lipinski definition) is 2. The molecule has 1 heterocycles. The second-order valence-corrected chi connectivity index (χ2v) is 5.30. The van der Waals surface area contributed by atoms with E-state index in [1.54, 1.807) is 0 Å². The Kier molecular flexibility index (Phi) is 4.79. The van der Waals surface area contributed by atoms with E-state index in [-0.39, 0.29) is 11.9 Å². The van der Waals surface area contributed by atoms with E-state index in [9.17, 15) is 4.79 Å². The minimum Gasteiger partial charge on any atom is -0.469 e. The van der Waals surface area contributed by atoms with Crippen molar-refractivity contribution in [2.24, 2.45) is 5.92 Å². The molecule has 0 aliphatic heterocycles. The highest BCUT2D eigenvalue weighted by Gasteiger charge is 2.14. The summed E-state index contributed by atoms with van der Waals surface area (Å²) in [6, 6.07) is 8.60. The Bertz CT molecular complexity index is 577. The number of aromatic nitrogens is 1. The Morgan fingerprint density at radius 1 is 1.35 bits per heavy atom. The first-order valence-electron chi connectivity index (χ1n) is 6.98. The summed E-state index contributed by atoms with van der Waals surface area (Å²) in [7, 11) is 1.42. The molecule has 2 aromatic rings. The second kappa shape index (κ2) is 6.57. The summed E-state index contributed by atoms with van der Waals surface area (Å²) in [6.45, 7) is 4.64. The molecule has 4 heteroatoms. The van der Waals surface area contributed by atoms with Gasteiger partial charge in [0, 0.05) is 29.7 Å². The summed E-state index contributed by atoms with van der Waals surface area (Å²) in [5.41, 5.74) is 2.46. The highest BCUT2D eigenvalue weighted by atomic mass is 16.5. The number of methoxy groups -OCH3 is 1. The van der Waals surface area contributed by atoms with E-state index >= 15 is 0 Å². The Morgan fingerprint density at radius 3 is 2.85 bits per heavy atom. The number of carbonyl (C=O) groups excluding carboxylic acids is 1. The van der Waals surface area contributed by atoms with Gasteiger partial charge in [-0.1, -0.05) is 25.1 Å². The molecule has 0 saturated heterocycles. The van der Waals surface area contributed by atoms with Crippen LogP contribution in [0.4, 0.5) is 0 Å². The van der Waals surface area contributed by atoms with Gasteiger partial charge in [-0.05, 0) is 25.0 Å². The molecule has 2 N–H and O–H groups in total. The van der Waals surface area contributed by atoms with Crippen LogP contribution in [0.15, 0.2) is 30.5 Å². The molecule has 1 aromatic heterocycles. The summed E-state index contributed by atoms with van der Waals surface area (Å²) in [5, 5.41) is 4.65. The molecule has 2 unspecified atom stereocenters. The molecule has 0 fully saturated rings. The number of H-pyrrole nitrogens is 1. The summed E-state index contributed by atoms with van der Waals surface area (Å²) >= 11 is 0. The van der Waals surface area contributed by atoms with Gasteiger partial charge in [0.2, 0.25) is 0 Å². The normalized spacial score (nSPS) is 14.2. The van der Waals surface area contributed by atoms with Crippen molar-refractivity contribution in [3.63, 3.8) is 0 Å². The van der Waals surface area contributed by atoms with Crippen molar-refractivity contribution < 1.29 is 9.53 Å². The van der Waals surface area contributed by atoms with Gasteiger partial charge in [0.1, 0.15) is 0 Å². The van der Waals surface area contributed by atoms with Crippen LogP contribution in [0.2, 0.25) is 0 Å². The third-order valence-corrected chi connectivity index (χ3v) is 3.58. The first-order chi connectivity index (χ1) is 9.61. The van der Waals surface area contributed by atoms with E-state index in [0.717, 1.165) is 11.9 Å². The highest BCUT2D eigenvalue weighted by Crippen LogP contribution is 2.19. The van der Waals surface area contributed by atoms with Crippen LogP contribution in [0.5, 0.6) is 0 Å². The van der Waals surface area contributed by atoms with Crippen molar-refractivity contribution in [3.05, 3.63) is 36.0 Å². The van der Waals surface area contributed by atoms with Crippen molar-refractivity contribution in [2.75, 3.05) is 13.7 Å². The molecule has 4 nitrogen and oxygen atoms in total. The summed E-state index contributed by atoms with van der Waals surface area (Å²) in [5.74, 6) is -0.290. The molecule has 0 spiro atoms. The predicted octanol–water partition coefficient (Wildman–Crippen LogP) is 2.50. The molecule has 0 aliphatic rings. The number of fused-ring (bicyclic) bond motifs is 1. The van der Waals surface area contributed by atoms with Gasteiger partial charge < -0.3 is 15.0 Å². The summed E-state index contributed by atoms with van der Waals surface area (Å²) < 4.78 is 4.72. The Morgan fingerprint density at radius 2 is 2.10 bits per heavy atom. The maximum Gasteiger partial charge on any atom is 0.309 e. The van der Waals surface area contributed by atoms with Gasteiger partial charge >= 0.3 is 5.97 Å². The topological polar surface area (TPSA) is 54.1 Å². The number of hydrogen-bond acceptors (Lipinski definition) is 3. The average molecular weight is 274 g/mol. The minimum atomic E-state index is -0.170. The van der Waals surface area contributed by atoms with Gasteiger partial charge in [-0.3, -0.25) is 4.79 Å². The first kappa shape index (κ1) is 14.6. The Labute approximate surface area is 119 Å². The lowest BCUT2D eigenvalue weighted by Gasteiger charge is -2.16. The average Bonchev–Trinajstić information content (AvgIpc) is 2.87. The quantitative estimate of drug-likeness (QED) is 0.796. The standard InChI is InChI=1S/C16H22N2O2/c1-11(16(19)20-3)9-17-12(2)8-13-10-18-15-7-5-4-6-14(13)15/h4-7,10-12,17-18H,8-9H2,1-3H3. The monoisotopic (exact) mass is 274 g/mol. The van der Waals surface area contributed by atoms with Crippen molar-refractivity contribution in [1.29, 1.82) is 0 Å². The molecule has 0 saturated carbocycles. The van der Waals surface area contributed by atoms with Gasteiger partial charge in [0.05, 0.1) is 13.0 Å². The maximum absolute atomic E-state index is 11.3. The van der Waals surface area contributed by atoms with Crippen LogP contribution in [0.1, 0.15) is 19.4 Å². The summed E-state index contributed by atoms with van der Waals surface area (Å²) in [6.07, 6.45) is 2.99. The second-order valence-electron chi connectivity index (χ2n) is 5.30. The third kappa shape index (κ3) is 3.39. The number of esters is 1. The largest absolute Gasteiger partial charge is 0.469 e. The fourth-order valence-electron chi connectivity index (χ4n) is 2.37. The van der Waals surface area contributed by atoms with Crippen LogP contribution in [0, 0.1) is 5.92 Å². The number of ether oxygens (including phenoxy) is 1. The fourth-order valence-corrected chi connectivity index (χ4v) is 2.37. The van der Waals surface area contributed by atoms with Crippen LogP contribution < -0.4 is 5.32 Å². The molecular weight excluding hydrogens is 252 g/mol. The van der Waals surface area contributed by atoms with Crippen molar-refractivity contribution in [1.82, 2.24) is 10.3 Å². The first-order valence-corrected chi connectivity index (χ1v) is 6.98. The zero-order valence-electron chi connectivity index (χ0n) is 12.3. The van der Waals surface area contributed by atoms with Gasteiger partial charge in [0.25, 0.3) is 0 Å². The molecule has 0 radical (unpaired) electrons. The maximum atomic E-state index is 11.3. The van der Waals surface area contributed by atoms with Gasteiger partial charge in [-0.15, -0.1) is 0 Å². The van der Waals surface area contributed by atoms with E-state index in [2.05, 4.69) is 41.6 Å². The van der Waals surface area contributed by atoms with Crippen LogP contribution in [-0.2, 0) is 16.0 Å². The zero-order chi connectivity index (χ0) is 14.5. The van der Waals surface area contributed by atoms with E-state index in [4.69, 9.17) is 4.74 Å². The zero-order valence-corrected chi connectivity index (χ0v) is 12.3. The smallest absolute Gasteiger partial charge is 0.309 e. The lowest BCUT2D eigenvalue weighted by atomic mass is 10.1. The minimum absolute atomic E-state index is 0.120. The van der Waals surface area contributed by atoms with Crippen molar-refractivity contribution in [3.8, 4) is 0 Å². The molecule has 2 atom stereocenters. The van der Waals surface area contributed by atoms with Crippen LogP contribution >= 0.6 is 0 Å². The van der Waals surface area contributed by atoms with Gasteiger partial charge in [-0.2, -0.15) is 0 Å². The van der Waals surface area contributed by atoms with E-state index in [0.29, 0.717) is 12.6 Å². The lowest BCUT2D eigenvalue weighted by molar-refractivity contribution is -0.144. The van der Waals surface area contributed by atoms with Crippen LogP contribution in [0.3, 0.4) is 0 Å². The van der Waals surface area contributed by atoms with E-state index < -0.39 is 0 Å². The SMILES string of the molecule is COC(=O)C(C)CNC(C)Cc1c[nH]c2ccccc12. The number of benzene rings is 1. The molecule has 108 valence electrons. The van der Waals surface area contributed by atoms with Crippen LogP contribution in [0.25, 0.3) is 10.9 Å². The molecule has 0 amide bonds. The molecule has 2 rings (SSSR count). The molecule has 0 aliphatic carbocycles. The van der Waals surface area contributed by atoms with Crippen LogP contribution in [-0.4, -0.2) is 30.6 Å². The number of aromatic amines is 1. The highest BCUT2D eigenvalue weighted by molar-refractivity contribution is 5.83. The summed E-state index contributed by atoms with van der Waals surface area (Å²) in [4.78, 5) is 14.6. The van der Waals surface area contributed by atoms with E-state index in [1.807, 2.05) is 13.0 Å². The van der Waals surface area contributed by atoms with Crippen molar-refractivity contribution >= 4 is 16.9 Å². The van der Waals surface area contributed by atoms with Crippen molar-refractivity contribution in [2.45, 2.75) is 26.3 Å². The number of nitrogens with one attached hydrogen (secondary N) is 2. The molecular formula is C16H22N2O2. The number of para-hydroxylation sites is 1. The number of carbonyl (C=O) groups is 1. The van der Waals surface area contributed by atoms with Gasteiger partial charge in [0.15, 0.2) is 0 Å². The predicted molar refractivity (Wildman–Crippen MR) is 80.6 cm³/mol. The Balaban J connectivity index is 1.91. The lowest BCUT2D eigenvalue weighted by Crippen LogP contribution is -2.34. The fraction of sp³-hybridized carbons (Fsp3) is 0.438. The molecule has 20 heavy (non-hydrogen) atoms. The number of rotatable bonds is 6. The van der Waals surface area contributed by atoms with E-state index in [1.165, 1.54) is 18.1 Å². The van der Waals surface area contributed by atoms with Gasteiger partial charge in [-0.25, -0.2) is 0 Å². The molecule has 1 aromatic carbocycles. The molecule has 0 bridgehead atoms.